The molecule has 0 saturated carbocycles. The van der Waals surface area contributed by atoms with E-state index in [1.165, 1.54) is 11.6 Å². The summed E-state index contributed by atoms with van der Waals surface area (Å²) in [6.07, 6.45) is 0. The number of aryl methyl sites for hydroxylation is 1. The first kappa shape index (κ1) is 9.73. The van der Waals surface area contributed by atoms with E-state index in [9.17, 15) is 4.39 Å². The van der Waals surface area contributed by atoms with Gasteiger partial charge in [-0.15, -0.1) is 0 Å². The van der Waals surface area contributed by atoms with Crippen LogP contribution in [0.25, 0.3) is 0 Å². The zero-order valence-corrected chi connectivity index (χ0v) is 9.57. The number of hydrogen-bond acceptors (Lipinski definition) is 2. The Labute approximate surface area is 97.7 Å². The Kier molecular flexibility index (Phi) is 2.14. The van der Waals surface area contributed by atoms with Gasteiger partial charge in [0.25, 0.3) is 0 Å². The fraction of sp³-hybridized carbons (Fsp3) is 0.0769. The highest BCUT2D eigenvalue weighted by atomic mass is 32.2. The molecule has 0 fully saturated rings. The molecule has 2 aromatic rings. The SMILES string of the molecule is Cc1cccc2c1Nc1ccc(F)cc1S2. The number of anilines is 2. The maximum atomic E-state index is 13.1. The molecule has 0 aromatic heterocycles. The van der Waals surface area contributed by atoms with Crippen molar-refractivity contribution in [3.05, 3.63) is 47.8 Å². The van der Waals surface area contributed by atoms with Crippen LogP contribution in [0.2, 0.25) is 0 Å². The molecule has 3 heteroatoms. The average Bonchev–Trinajstić information content (AvgIpc) is 2.27. The minimum absolute atomic E-state index is 0.191. The normalized spacial score (nSPS) is 12.6. The van der Waals surface area contributed by atoms with Crippen LogP contribution in [0.1, 0.15) is 5.56 Å². The van der Waals surface area contributed by atoms with Gasteiger partial charge < -0.3 is 5.32 Å². The highest BCUT2D eigenvalue weighted by Crippen LogP contribution is 2.45. The van der Waals surface area contributed by atoms with Gasteiger partial charge in [-0.2, -0.15) is 0 Å². The Bertz CT molecular complexity index is 566. The molecule has 1 aliphatic heterocycles. The van der Waals surface area contributed by atoms with Crippen molar-refractivity contribution in [3.8, 4) is 0 Å². The lowest BCUT2D eigenvalue weighted by molar-refractivity contribution is 0.624. The molecule has 0 amide bonds. The molecule has 16 heavy (non-hydrogen) atoms. The summed E-state index contributed by atoms with van der Waals surface area (Å²) in [5, 5.41) is 3.35. The molecule has 0 spiro atoms. The molecule has 1 N–H and O–H groups in total. The van der Waals surface area contributed by atoms with Crippen molar-refractivity contribution in [2.75, 3.05) is 5.32 Å². The number of nitrogens with one attached hydrogen (secondary N) is 1. The van der Waals surface area contributed by atoms with Gasteiger partial charge >= 0.3 is 0 Å². The van der Waals surface area contributed by atoms with Crippen LogP contribution in [-0.2, 0) is 0 Å². The molecule has 0 saturated heterocycles. The third kappa shape index (κ3) is 1.48. The fourth-order valence-electron chi connectivity index (χ4n) is 1.82. The molecule has 0 unspecified atom stereocenters. The molecule has 2 aromatic carbocycles. The highest BCUT2D eigenvalue weighted by molar-refractivity contribution is 7.99. The van der Waals surface area contributed by atoms with Crippen LogP contribution in [0, 0.1) is 12.7 Å². The van der Waals surface area contributed by atoms with Crippen LogP contribution in [-0.4, -0.2) is 0 Å². The van der Waals surface area contributed by atoms with E-state index in [0.29, 0.717) is 0 Å². The van der Waals surface area contributed by atoms with Gasteiger partial charge in [0.1, 0.15) is 5.82 Å². The van der Waals surface area contributed by atoms with Gasteiger partial charge in [0.05, 0.1) is 11.4 Å². The summed E-state index contributed by atoms with van der Waals surface area (Å²) < 4.78 is 13.1. The van der Waals surface area contributed by atoms with Crippen molar-refractivity contribution in [3.63, 3.8) is 0 Å². The number of rotatable bonds is 0. The topological polar surface area (TPSA) is 12.0 Å². The van der Waals surface area contributed by atoms with Crippen LogP contribution in [0.15, 0.2) is 46.2 Å². The van der Waals surface area contributed by atoms with Gasteiger partial charge in [-0.25, -0.2) is 4.39 Å². The second-order valence-electron chi connectivity index (χ2n) is 3.82. The lowest BCUT2D eigenvalue weighted by Crippen LogP contribution is -2.01. The molecule has 0 radical (unpaired) electrons. The van der Waals surface area contributed by atoms with Crippen molar-refractivity contribution in [1.29, 1.82) is 0 Å². The maximum absolute atomic E-state index is 13.1. The van der Waals surface area contributed by atoms with E-state index in [-0.39, 0.29) is 5.82 Å². The van der Waals surface area contributed by atoms with Crippen molar-refractivity contribution in [2.24, 2.45) is 0 Å². The van der Waals surface area contributed by atoms with Crippen LogP contribution in [0.5, 0.6) is 0 Å². The van der Waals surface area contributed by atoms with E-state index in [2.05, 4.69) is 18.3 Å². The van der Waals surface area contributed by atoms with Crippen LogP contribution >= 0.6 is 11.8 Å². The second kappa shape index (κ2) is 3.52. The van der Waals surface area contributed by atoms with Crippen molar-refractivity contribution >= 4 is 23.1 Å². The average molecular weight is 231 g/mol. The Hall–Kier alpha value is -1.48. The third-order valence-electron chi connectivity index (χ3n) is 2.66. The van der Waals surface area contributed by atoms with E-state index >= 15 is 0 Å². The van der Waals surface area contributed by atoms with Crippen LogP contribution < -0.4 is 5.32 Å². The lowest BCUT2D eigenvalue weighted by atomic mass is 10.2. The summed E-state index contributed by atoms with van der Waals surface area (Å²) in [4.78, 5) is 2.09. The van der Waals surface area contributed by atoms with Gasteiger partial charge in [-0.3, -0.25) is 0 Å². The van der Waals surface area contributed by atoms with Gasteiger partial charge in [0, 0.05) is 9.79 Å². The third-order valence-corrected chi connectivity index (χ3v) is 3.78. The molecule has 1 heterocycles. The van der Waals surface area contributed by atoms with Crippen molar-refractivity contribution < 1.29 is 4.39 Å². The highest BCUT2D eigenvalue weighted by Gasteiger charge is 2.16. The second-order valence-corrected chi connectivity index (χ2v) is 4.90. The largest absolute Gasteiger partial charge is 0.353 e. The summed E-state index contributed by atoms with van der Waals surface area (Å²) in [5.74, 6) is -0.191. The predicted molar refractivity (Wildman–Crippen MR) is 65.0 cm³/mol. The fourth-order valence-corrected chi connectivity index (χ4v) is 2.92. The molecule has 0 atom stereocenters. The Balaban J connectivity index is 2.13. The minimum atomic E-state index is -0.191. The first-order valence-corrected chi connectivity index (χ1v) is 5.90. The number of halogens is 1. The van der Waals surface area contributed by atoms with Crippen molar-refractivity contribution in [2.45, 2.75) is 16.7 Å². The van der Waals surface area contributed by atoms with Crippen LogP contribution in [0.3, 0.4) is 0 Å². The molecule has 1 nitrogen and oxygen atoms in total. The zero-order chi connectivity index (χ0) is 11.1. The van der Waals surface area contributed by atoms with Gasteiger partial charge in [0.15, 0.2) is 0 Å². The molecule has 80 valence electrons. The lowest BCUT2D eigenvalue weighted by Gasteiger charge is -2.22. The number of hydrogen-bond donors (Lipinski definition) is 1. The predicted octanol–water partition coefficient (Wildman–Crippen LogP) is 4.34. The molecule has 0 bridgehead atoms. The summed E-state index contributed by atoms with van der Waals surface area (Å²) in [7, 11) is 0. The zero-order valence-electron chi connectivity index (χ0n) is 8.75. The standard InChI is InChI=1S/C13H10FNS/c1-8-3-2-4-11-13(8)15-10-6-5-9(14)7-12(10)16-11/h2-7,15H,1H3. The molecule has 3 rings (SSSR count). The molecular weight excluding hydrogens is 221 g/mol. The van der Waals surface area contributed by atoms with E-state index in [0.717, 1.165) is 21.2 Å². The number of fused-ring (bicyclic) bond motifs is 2. The molecule has 1 aliphatic rings. The smallest absolute Gasteiger partial charge is 0.124 e. The monoisotopic (exact) mass is 231 g/mol. The minimum Gasteiger partial charge on any atom is -0.353 e. The quantitative estimate of drug-likeness (QED) is 0.617. The van der Waals surface area contributed by atoms with E-state index < -0.39 is 0 Å². The van der Waals surface area contributed by atoms with E-state index in [4.69, 9.17) is 0 Å². The van der Waals surface area contributed by atoms with Gasteiger partial charge in [-0.05, 0) is 36.8 Å². The first-order chi connectivity index (χ1) is 7.74. The Morgan fingerprint density at radius 1 is 1.12 bits per heavy atom. The first-order valence-electron chi connectivity index (χ1n) is 5.08. The Morgan fingerprint density at radius 2 is 2.00 bits per heavy atom. The van der Waals surface area contributed by atoms with Gasteiger partial charge in [0.2, 0.25) is 0 Å². The summed E-state index contributed by atoms with van der Waals surface area (Å²) in [5.41, 5.74) is 3.32. The summed E-state index contributed by atoms with van der Waals surface area (Å²) >= 11 is 1.61. The van der Waals surface area contributed by atoms with E-state index in [1.54, 1.807) is 23.9 Å². The maximum Gasteiger partial charge on any atom is 0.124 e. The van der Waals surface area contributed by atoms with E-state index in [1.807, 2.05) is 12.1 Å². The molecule has 0 aliphatic carbocycles. The molecular formula is C13H10FNS. The Morgan fingerprint density at radius 3 is 2.88 bits per heavy atom. The van der Waals surface area contributed by atoms with Crippen LogP contribution in [0.4, 0.5) is 15.8 Å². The van der Waals surface area contributed by atoms with Crippen molar-refractivity contribution in [1.82, 2.24) is 0 Å². The summed E-state index contributed by atoms with van der Waals surface area (Å²) in [6, 6.07) is 11.0. The van der Waals surface area contributed by atoms with Gasteiger partial charge in [-0.1, -0.05) is 23.9 Å². The number of para-hydroxylation sites is 1. The summed E-state index contributed by atoms with van der Waals surface area (Å²) in [6.45, 7) is 2.07. The number of benzene rings is 2.